The topological polar surface area (TPSA) is 109 Å². The number of aryl methyl sites for hydroxylation is 1. The third kappa shape index (κ3) is 11.2. The summed E-state index contributed by atoms with van der Waals surface area (Å²) in [6.45, 7) is 4.73. The number of amides is 2. The van der Waals surface area contributed by atoms with Crippen LogP contribution in [0.15, 0.2) is 115 Å². The van der Waals surface area contributed by atoms with Crippen LogP contribution in [0, 0.1) is 0 Å². The first kappa shape index (κ1) is 36.7. The predicted molar refractivity (Wildman–Crippen MR) is 202 cm³/mol. The molecule has 1 aromatic heterocycles. The van der Waals surface area contributed by atoms with Crippen molar-refractivity contribution in [3.05, 3.63) is 148 Å². The molecule has 1 atom stereocenters. The Bertz CT molecular complexity index is 1900. The van der Waals surface area contributed by atoms with E-state index in [-0.39, 0.29) is 18.4 Å². The fraction of sp³-hybridized carbons (Fsp3) is 0.238. The van der Waals surface area contributed by atoms with Gasteiger partial charge in [-0.15, -0.1) is 11.3 Å². The standard InChI is InChI=1S/C42H43N3O5S/c1-3-4-6-9-32-12-14-33(15-13-32)26-43-40(47)35-19-21-36(22-20-35)41-44-37(29-51-41)28-45(39(46)25-18-31-10-7-5-8-11-31)27-34-16-23-38(24-17-34)50-30(2)42(48)49/h5,7-8,10-25,29-30H,3-4,6,9,26-28H2,1-2H3,(H,43,47)(H,48,49)/b25-18+. The highest BCUT2D eigenvalue weighted by atomic mass is 32.1. The highest BCUT2D eigenvalue weighted by Gasteiger charge is 2.17. The molecular formula is C42H43N3O5S. The van der Waals surface area contributed by atoms with Gasteiger partial charge in [-0.2, -0.15) is 0 Å². The summed E-state index contributed by atoms with van der Waals surface area (Å²) in [6, 6.07) is 32.5. The van der Waals surface area contributed by atoms with Crippen molar-refractivity contribution in [2.45, 2.75) is 65.3 Å². The summed E-state index contributed by atoms with van der Waals surface area (Å²) in [4.78, 5) is 44.1. The molecule has 5 aromatic rings. The Hall–Kier alpha value is -5.54. The Balaban J connectivity index is 1.22. The number of aromatic nitrogens is 1. The summed E-state index contributed by atoms with van der Waals surface area (Å²) in [5, 5.41) is 14.9. The van der Waals surface area contributed by atoms with Crippen LogP contribution >= 0.6 is 11.3 Å². The number of carbonyl (C=O) groups is 3. The van der Waals surface area contributed by atoms with Crippen LogP contribution in [0.5, 0.6) is 5.75 Å². The van der Waals surface area contributed by atoms with Crippen LogP contribution in [0.2, 0.25) is 0 Å². The van der Waals surface area contributed by atoms with Gasteiger partial charge < -0.3 is 20.1 Å². The average Bonchev–Trinajstić information content (AvgIpc) is 3.63. The lowest BCUT2D eigenvalue weighted by Gasteiger charge is -2.21. The molecule has 262 valence electrons. The van der Waals surface area contributed by atoms with E-state index >= 15 is 0 Å². The van der Waals surface area contributed by atoms with E-state index in [0.717, 1.165) is 39.4 Å². The summed E-state index contributed by atoms with van der Waals surface area (Å²) in [5.74, 6) is -0.922. The number of thiazole rings is 1. The Morgan fingerprint density at radius 1 is 0.863 bits per heavy atom. The lowest BCUT2D eigenvalue weighted by Crippen LogP contribution is -2.28. The maximum atomic E-state index is 13.5. The number of hydrogen-bond acceptors (Lipinski definition) is 6. The predicted octanol–water partition coefficient (Wildman–Crippen LogP) is 8.57. The van der Waals surface area contributed by atoms with Crippen molar-refractivity contribution in [3.63, 3.8) is 0 Å². The summed E-state index contributed by atoms with van der Waals surface area (Å²) in [6.07, 6.45) is 7.09. The lowest BCUT2D eigenvalue weighted by molar-refractivity contribution is -0.144. The molecule has 0 aliphatic rings. The largest absolute Gasteiger partial charge is 0.479 e. The number of nitrogens with one attached hydrogen (secondary N) is 1. The van der Waals surface area contributed by atoms with Gasteiger partial charge in [0.1, 0.15) is 10.8 Å². The van der Waals surface area contributed by atoms with Crippen molar-refractivity contribution in [1.29, 1.82) is 0 Å². The molecule has 2 N–H and O–H groups in total. The van der Waals surface area contributed by atoms with Crippen LogP contribution in [-0.2, 0) is 35.6 Å². The third-order valence-electron chi connectivity index (χ3n) is 8.33. The van der Waals surface area contributed by atoms with Gasteiger partial charge in [0.2, 0.25) is 5.91 Å². The van der Waals surface area contributed by atoms with E-state index < -0.39 is 12.1 Å². The Morgan fingerprint density at radius 3 is 2.24 bits per heavy atom. The number of carboxylic acid groups (broad SMARTS) is 1. The van der Waals surface area contributed by atoms with Gasteiger partial charge in [0.15, 0.2) is 6.10 Å². The fourth-order valence-electron chi connectivity index (χ4n) is 5.36. The van der Waals surface area contributed by atoms with Crippen molar-refractivity contribution in [3.8, 4) is 16.3 Å². The molecule has 0 aliphatic heterocycles. The van der Waals surface area contributed by atoms with Crippen molar-refractivity contribution in [2.75, 3.05) is 0 Å². The van der Waals surface area contributed by atoms with Crippen LogP contribution in [0.25, 0.3) is 16.6 Å². The zero-order chi connectivity index (χ0) is 36.0. The van der Waals surface area contributed by atoms with E-state index in [9.17, 15) is 14.4 Å². The number of benzene rings is 4. The average molecular weight is 702 g/mol. The highest BCUT2D eigenvalue weighted by molar-refractivity contribution is 7.13. The summed E-state index contributed by atoms with van der Waals surface area (Å²) >= 11 is 1.48. The zero-order valence-electron chi connectivity index (χ0n) is 29.0. The quantitative estimate of drug-likeness (QED) is 0.0743. The van der Waals surface area contributed by atoms with Crippen molar-refractivity contribution in [1.82, 2.24) is 15.2 Å². The van der Waals surface area contributed by atoms with Gasteiger partial charge in [0.05, 0.1) is 12.2 Å². The number of ether oxygens (including phenoxy) is 1. The number of unbranched alkanes of at least 4 members (excludes halogenated alkanes) is 2. The highest BCUT2D eigenvalue weighted by Crippen LogP contribution is 2.26. The molecule has 8 nitrogen and oxygen atoms in total. The summed E-state index contributed by atoms with van der Waals surface area (Å²) < 4.78 is 5.46. The van der Waals surface area contributed by atoms with E-state index in [0.29, 0.717) is 24.4 Å². The van der Waals surface area contributed by atoms with Crippen LogP contribution in [0.4, 0.5) is 0 Å². The summed E-state index contributed by atoms with van der Waals surface area (Å²) in [7, 11) is 0. The molecule has 0 saturated heterocycles. The van der Waals surface area contributed by atoms with Gasteiger partial charge in [0.25, 0.3) is 5.91 Å². The Labute approximate surface area is 303 Å². The molecule has 0 fully saturated rings. The Morgan fingerprint density at radius 2 is 1.55 bits per heavy atom. The molecular weight excluding hydrogens is 659 g/mol. The summed E-state index contributed by atoms with van der Waals surface area (Å²) in [5.41, 5.74) is 6.36. The second kappa shape index (κ2) is 18.5. The maximum Gasteiger partial charge on any atom is 0.344 e. The second-order valence-electron chi connectivity index (χ2n) is 12.4. The molecule has 0 aliphatic carbocycles. The normalized spacial score (nSPS) is 11.6. The van der Waals surface area contributed by atoms with Gasteiger partial charge >= 0.3 is 5.97 Å². The molecule has 51 heavy (non-hydrogen) atoms. The molecule has 0 bridgehead atoms. The fourth-order valence-corrected chi connectivity index (χ4v) is 6.17. The minimum absolute atomic E-state index is 0.137. The van der Waals surface area contributed by atoms with Crippen molar-refractivity contribution >= 4 is 35.2 Å². The number of rotatable bonds is 17. The van der Waals surface area contributed by atoms with E-state index in [2.05, 4.69) is 36.5 Å². The third-order valence-corrected chi connectivity index (χ3v) is 9.27. The lowest BCUT2D eigenvalue weighted by atomic mass is 10.1. The number of carbonyl (C=O) groups excluding carboxylic acids is 2. The molecule has 0 radical (unpaired) electrons. The molecule has 9 heteroatoms. The van der Waals surface area contributed by atoms with Crippen LogP contribution in [0.3, 0.4) is 0 Å². The van der Waals surface area contributed by atoms with E-state index in [1.165, 1.54) is 43.1 Å². The number of nitrogens with zero attached hydrogens (tertiary/aromatic N) is 2. The zero-order valence-corrected chi connectivity index (χ0v) is 29.8. The number of hydrogen-bond donors (Lipinski definition) is 2. The van der Waals surface area contributed by atoms with Crippen LogP contribution in [-0.4, -0.2) is 38.9 Å². The van der Waals surface area contributed by atoms with Gasteiger partial charge in [-0.3, -0.25) is 9.59 Å². The van der Waals surface area contributed by atoms with Crippen molar-refractivity contribution in [2.24, 2.45) is 0 Å². The van der Waals surface area contributed by atoms with Crippen LogP contribution in [0.1, 0.15) is 71.4 Å². The molecule has 2 amide bonds. The molecule has 1 heterocycles. The van der Waals surface area contributed by atoms with Gasteiger partial charge in [0, 0.05) is 35.7 Å². The number of aliphatic carboxylic acids is 1. The van der Waals surface area contributed by atoms with E-state index in [1.807, 2.05) is 60.0 Å². The Kier molecular flexibility index (Phi) is 13.3. The molecule has 1 unspecified atom stereocenters. The molecule has 0 spiro atoms. The minimum Gasteiger partial charge on any atom is -0.479 e. The second-order valence-corrected chi connectivity index (χ2v) is 13.2. The molecule has 4 aromatic carbocycles. The van der Waals surface area contributed by atoms with Crippen molar-refractivity contribution < 1.29 is 24.2 Å². The van der Waals surface area contributed by atoms with E-state index in [4.69, 9.17) is 14.8 Å². The SMILES string of the molecule is CCCCCc1ccc(CNC(=O)c2ccc(-c3nc(CN(Cc4ccc(OC(C)C(=O)O)cc4)C(=O)/C=C/c4ccccc4)cs3)cc2)cc1. The molecule has 0 saturated carbocycles. The van der Waals surface area contributed by atoms with Gasteiger partial charge in [-0.25, -0.2) is 9.78 Å². The van der Waals surface area contributed by atoms with Crippen LogP contribution < -0.4 is 10.1 Å². The van der Waals surface area contributed by atoms with Gasteiger partial charge in [-0.05, 0) is 72.4 Å². The molecule has 5 rings (SSSR count). The first-order chi connectivity index (χ1) is 24.8. The minimum atomic E-state index is -1.05. The smallest absolute Gasteiger partial charge is 0.344 e. The van der Waals surface area contributed by atoms with Gasteiger partial charge in [-0.1, -0.05) is 98.6 Å². The first-order valence-corrected chi connectivity index (χ1v) is 18.1. The monoisotopic (exact) mass is 701 g/mol. The first-order valence-electron chi connectivity index (χ1n) is 17.2. The van der Waals surface area contributed by atoms with E-state index in [1.54, 1.807) is 41.3 Å². The number of carboxylic acids is 1. The maximum absolute atomic E-state index is 13.5.